The summed E-state index contributed by atoms with van der Waals surface area (Å²) in [5.41, 5.74) is 0.676. The van der Waals surface area contributed by atoms with Gasteiger partial charge in [0.05, 0.1) is 6.04 Å². The lowest BCUT2D eigenvalue weighted by Crippen LogP contribution is -2.39. The summed E-state index contributed by atoms with van der Waals surface area (Å²) < 4.78 is 0. The Balaban J connectivity index is 2.79. The Bertz CT molecular complexity index is 255. The van der Waals surface area contributed by atoms with Crippen LogP contribution in [0.4, 0.5) is 0 Å². The predicted octanol–water partition coefficient (Wildman–Crippen LogP) is 3.36. The molecule has 1 aliphatic rings. The van der Waals surface area contributed by atoms with Gasteiger partial charge in [-0.3, -0.25) is 4.99 Å². The highest BCUT2D eigenvalue weighted by molar-refractivity contribution is 5.53. The molecule has 2 heteroatoms. The largest absolute Gasteiger partial charge is 0.300 e. The molecule has 1 fully saturated rings. The van der Waals surface area contributed by atoms with Crippen molar-refractivity contribution in [2.75, 3.05) is 6.54 Å². The minimum absolute atomic E-state index is 0.292. The second-order valence-electron chi connectivity index (χ2n) is 6.00. The fraction of sp³-hybridized carbons (Fsp3) is 0.846. The minimum atomic E-state index is 0.292. The van der Waals surface area contributed by atoms with E-state index in [-0.39, 0.29) is 0 Å². The number of hydrogen-bond acceptors (Lipinski definition) is 2. The first-order chi connectivity index (χ1) is 6.91. The van der Waals surface area contributed by atoms with Crippen LogP contribution in [0, 0.1) is 10.8 Å². The average Bonchev–Trinajstić information content (AvgIpc) is 1.99. The Hall–Kier alpha value is -0.660. The van der Waals surface area contributed by atoms with Crippen molar-refractivity contribution in [1.82, 2.24) is 0 Å². The SMILES string of the molecule is C=NCC1(C)CC(N=CC)CC(C)(C)C1. The molecule has 1 rings (SSSR count). The first-order valence-electron chi connectivity index (χ1n) is 5.81. The molecule has 86 valence electrons. The van der Waals surface area contributed by atoms with E-state index in [1.165, 1.54) is 12.8 Å². The van der Waals surface area contributed by atoms with Crippen LogP contribution in [0.2, 0.25) is 0 Å². The molecule has 0 heterocycles. The van der Waals surface area contributed by atoms with Crippen LogP contribution in [0.3, 0.4) is 0 Å². The molecule has 0 amide bonds. The van der Waals surface area contributed by atoms with E-state index < -0.39 is 0 Å². The average molecular weight is 208 g/mol. The highest BCUT2D eigenvalue weighted by Gasteiger charge is 2.40. The number of nitrogens with zero attached hydrogens (tertiary/aromatic N) is 2. The minimum Gasteiger partial charge on any atom is -0.300 e. The van der Waals surface area contributed by atoms with Crippen molar-refractivity contribution < 1.29 is 0 Å². The molecule has 0 spiro atoms. The smallest absolute Gasteiger partial charge is 0.0506 e. The maximum atomic E-state index is 4.57. The molecule has 0 aromatic carbocycles. The summed E-state index contributed by atoms with van der Waals surface area (Å²) in [6.45, 7) is 13.5. The maximum absolute atomic E-state index is 4.57. The molecule has 15 heavy (non-hydrogen) atoms. The van der Waals surface area contributed by atoms with Crippen molar-refractivity contribution in [3.05, 3.63) is 0 Å². The van der Waals surface area contributed by atoms with Crippen molar-refractivity contribution in [2.24, 2.45) is 20.8 Å². The lowest BCUT2D eigenvalue weighted by molar-refractivity contribution is 0.0918. The van der Waals surface area contributed by atoms with Crippen molar-refractivity contribution >= 4 is 12.9 Å². The van der Waals surface area contributed by atoms with Gasteiger partial charge in [0.15, 0.2) is 0 Å². The lowest BCUT2D eigenvalue weighted by atomic mass is 9.63. The highest BCUT2D eigenvalue weighted by Crippen LogP contribution is 2.47. The van der Waals surface area contributed by atoms with Crippen molar-refractivity contribution in [1.29, 1.82) is 0 Å². The van der Waals surface area contributed by atoms with Gasteiger partial charge in [0.1, 0.15) is 0 Å². The molecule has 1 saturated carbocycles. The standard InChI is InChI=1S/C13H24N2/c1-6-15-11-7-12(2,3)9-13(4,8-11)10-14-5/h6,11H,5,7-10H2,1-4H3. The third kappa shape index (κ3) is 3.44. The summed E-state index contributed by atoms with van der Waals surface area (Å²) >= 11 is 0. The van der Waals surface area contributed by atoms with Gasteiger partial charge in [0, 0.05) is 6.54 Å². The van der Waals surface area contributed by atoms with Gasteiger partial charge < -0.3 is 4.99 Å². The monoisotopic (exact) mass is 208 g/mol. The maximum Gasteiger partial charge on any atom is 0.0506 e. The van der Waals surface area contributed by atoms with Gasteiger partial charge in [-0.1, -0.05) is 20.8 Å². The molecule has 0 aromatic heterocycles. The number of rotatable bonds is 3. The Kier molecular flexibility index (Phi) is 3.69. The molecule has 0 aromatic rings. The first kappa shape index (κ1) is 12.4. The van der Waals surface area contributed by atoms with Crippen LogP contribution >= 0.6 is 0 Å². The van der Waals surface area contributed by atoms with Gasteiger partial charge in [-0.25, -0.2) is 0 Å². The Labute approximate surface area is 93.9 Å². The summed E-state index contributed by atoms with van der Waals surface area (Å²) in [4.78, 5) is 8.66. The molecule has 2 unspecified atom stereocenters. The van der Waals surface area contributed by atoms with Crippen LogP contribution in [0.1, 0.15) is 47.0 Å². The van der Waals surface area contributed by atoms with Crippen LogP contribution < -0.4 is 0 Å². The zero-order valence-corrected chi connectivity index (χ0v) is 10.6. The molecule has 0 aliphatic heterocycles. The van der Waals surface area contributed by atoms with E-state index in [1.54, 1.807) is 0 Å². The van der Waals surface area contributed by atoms with Crippen LogP contribution in [0.15, 0.2) is 9.98 Å². The summed E-state index contributed by atoms with van der Waals surface area (Å²) in [6, 6.07) is 0.477. The molecule has 0 N–H and O–H groups in total. The van der Waals surface area contributed by atoms with Gasteiger partial charge in [-0.2, -0.15) is 0 Å². The molecular formula is C13H24N2. The van der Waals surface area contributed by atoms with Crippen LogP contribution in [-0.2, 0) is 0 Å². The third-order valence-corrected chi connectivity index (χ3v) is 3.28. The normalized spacial score (nSPS) is 35.6. The van der Waals surface area contributed by atoms with E-state index in [0.717, 1.165) is 13.0 Å². The first-order valence-corrected chi connectivity index (χ1v) is 5.81. The molecule has 0 radical (unpaired) electrons. The Morgan fingerprint density at radius 2 is 2.00 bits per heavy atom. The summed E-state index contributed by atoms with van der Waals surface area (Å²) in [5, 5.41) is 0. The molecule has 0 bridgehead atoms. The van der Waals surface area contributed by atoms with E-state index in [0.29, 0.717) is 16.9 Å². The summed E-state index contributed by atoms with van der Waals surface area (Å²) in [6.07, 6.45) is 5.52. The molecule has 0 saturated heterocycles. The van der Waals surface area contributed by atoms with Gasteiger partial charge in [0.25, 0.3) is 0 Å². The van der Waals surface area contributed by atoms with Gasteiger partial charge >= 0.3 is 0 Å². The van der Waals surface area contributed by atoms with Crippen LogP contribution in [-0.4, -0.2) is 25.5 Å². The van der Waals surface area contributed by atoms with E-state index in [4.69, 9.17) is 0 Å². The second-order valence-corrected chi connectivity index (χ2v) is 6.00. The number of aliphatic imine (C=N–C) groups is 2. The predicted molar refractivity (Wildman–Crippen MR) is 68.1 cm³/mol. The number of hydrogen-bond donors (Lipinski definition) is 0. The van der Waals surface area contributed by atoms with Crippen molar-refractivity contribution in [3.63, 3.8) is 0 Å². The van der Waals surface area contributed by atoms with Gasteiger partial charge in [-0.15, -0.1) is 0 Å². The van der Waals surface area contributed by atoms with E-state index in [9.17, 15) is 0 Å². The fourth-order valence-corrected chi connectivity index (χ4v) is 3.29. The molecule has 1 aliphatic carbocycles. The molecule has 2 atom stereocenters. The zero-order chi connectivity index (χ0) is 11.5. The van der Waals surface area contributed by atoms with Crippen LogP contribution in [0.25, 0.3) is 0 Å². The van der Waals surface area contributed by atoms with Crippen molar-refractivity contribution in [3.8, 4) is 0 Å². The fourth-order valence-electron chi connectivity index (χ4n) is 3.29. The summed E-state index contributed by atoms with van der Waals surface area (Å²) in [5.74, 6) is 0. The Morgan fingerprint density at radius 1 is 1.33 bits per heavy atom. The second kappa shape index (κ2) is 4.46. The van der Waals surface area contributed by atoms with Gasteiger partial charge in [0.2, 0.25) is 0 Å². The quantitative estimate of drug-likeness (QED) is 0.635. The van der Waals surface area contributed by atoms with E-state index in [1.807, 2.05) is 13.1 Å². The summed E-state index contributed by atoms with van der Waals surface area (Å²) in [7, 11) is 0. The van der Waals surface area contributed by atoms with E-state index in [2.05, 4.69) is 37.5 Å². The van der Waals surface area contributed by atoms with E-state index >= 15 is 0 Å². The topological polar surface area (TPSA) is 24.7 Å². The highest BCUT2D eigenvalue weighted by atomic mass is 14.8. The zero-order valence-electron chi connectivity index (χ0n) is 10.6. The lowest BCUT2D eigenvalue weighted by Gasteiger charge is -2.44. The molecular weight excluding hydrogens is 184 g/mol. The Morgan fingerprint density at radius 3 is 2.53 bits per heavy atom. The molecule has 2 nitrogen and oxygen atoms in total. The van der Waals surface area contributed by atoms with Gasteiger partial charge in [-0.05, 0) is 49.9 Å². The van der Waals surface area contributed by atoms with Crippen molar-refractivity contribution in [2.45, 2.75) is 53.0 Å². The third-order valence-electron chi connectivity index (χ3n) is 3.28. The van der Waals surface area contributed by atoms with Crippen LogP contribution in [0.5, 0.6) is 0 Å².